The topological polar surface area (TPSA) is 43.1 Å². The van der Waals surface area contributed by atoms with Gasteiger partial charge in [-0.15, -0.1) is 0 Å². The third-order valence-electron chi connectivity index (χ3n) is 3.95. The van der Waals surface area contributed by atoms with Crippen molar-refractivity contribution in [3.63, 3.8) is 0 Å². The Hall–Kier alpha value is -2.11. The van der Waals surface area contributed by atoms with Crippen molar-refractivity contribution in [3.05, 3.63) is 70.6 Å². The van der Waals surface area contributed by atoms with Gasteiger partial charge in [0, 0.05) is 23.0 Å². The van der Waals surface area contributed by atoms with Gasteiger partial charge in [0.1, 0.15) is 0 Å². The lowest BCUT2D eigenvalue weighted by molar-refractivity contribution is 0.863. The Labute approximate surface area is 149 Å². The van der Waals surface area contributed by atoms with Gasteiger partial charge in [0.05, 0.1) is 21.7 Å². The van der Waals surface area contributed by atoms with Crippen LogP contribution in [0.25, 0.3) is 5.69 Å². The van der Waals surface area contributed by atoms with Crippen LogP contribution in [0.3, 0.4) is 0 Å². The predicted octanol–water partition coefficient (Wildman–Crippen LogP) is 5.12. The number of halogens is 1. The van der Waals surface area contributed by atoms with Gasteiger partial charge >= 0.3 is 0 Å². The normalized spacial score (nSPS) is 16.6. The third kappa shape index (κ3) is 2.64. The molecule has 0 amide bonds. The van der Waals surface area contributed by atoms with Gasteiger partial charge in [-0.2, -0.15) is 5.10 Å². The molecule has 1 aliphatic heterocycles. The number of hydrogen-bond donors (Lipinski definition) is 0. The predicted molar refractivity (Wildman–Crippen MR) is 99.8 cm³/mol. The van der Waals surface area contributed by atoms with Crippen LogP contribution in [0, 0.1) is 6.92 Å². The molecule has 24 heavy (non-hydrogen) atoms. The van der Waals surface area contributed by atoms with E-state index in [1.54, 1.807) is 18.0 Å². The second kappa shape index (κ2) is 6.07. The van der Waals surface area contributed by atoms with Crippen molar-refractivity contribution >= 4 is 34.2 Å². The molecule has 4 nitrogen and oxygen atoms in total. The average Bonchev–Trinajstić information content (AvgIpc) is 2.92. The standard InChI is InChI=1S/C18H15ClN4S/c1-11-16-17(13-4-3-9-20-10-13)24-12(2)21-18(16)23(22-11)15-7-5-14(19)6-8-15/h3-10,17H,1-2H3. The van der Waals surface area contributed by atoms with Crippen molar-refractivity contribution in [2.75, 3.05) is 0 Å². The maximum atomic E-state index is 6.01. The first-order valence-electron chi connectivity index (χ1n) is 7.61. The Bertz CT molecular complexity index is 916. The first kappa shape index (κ1) is 15.4. The fourth-order valence-corrected chi connectivity index (χ4v) is 4.15. The first-order valence-corrected chi connectivity index (χ1v) is 8.86. The highest BCUT2D eigenvalue weighted by molar-refractivity contribution is 8.14. The number of pyridine rings is 1. The largest absolute Gasteiger partial charge is 0.264 e. The van der Waals surface area contributed by atoms with Crippen LogP contribution in [-0.4, -0.2) is 19.8 Å². The van der Waals surface area contributed by atoms with Crippen molar-refractivity contribution in [1.29, 1.82) is 0 Å². The van der Waals surface area contributed by atoms with Crippen molar-refractivity contribution in [1.82, 2.24) is 14.8 Å². The summed E-state index contributed by atoms with van der Waals surface area (Å²) in [5, 5.41) is 6.62. The van der Waals surface area contributed by atoms with Crippen molar-refractivity contribution < 1.29 is 0 Å². The second-order valence-corrected chi connectivity index (χ2v) is 7.36. The van der Waals surface area contributed by atoms with Crippen LogP contribution >= 0.6 is 23.4 Å². The molecule has 0 radical (unpaired) electrons. The second-order valence-electron chi connectivity index (χ2n) is 5.63. The molecule has 1 atom stereocenters. The number of fused-ring (bicyclic) bond motifs is 1. The summed E-state index contributed by atoms with van der Waals surface area (Å²) >= 11 is 7.75. The van der Waals surface area contributed by atoms with Crippen LogP contribution in [-0.2, 0) is 0 Å². The first-order chi connectivity index (χ1) is 11.6. The number of aliphatic imine (C=N–C) groups is 1. The van der Waals surface area contributed by atoms with E-state index in [2.05, 4.69) is 11.1 Å². The summed E-state index contributed by atoms with van der Waals surface area (Å²) in [6.45, 7) is 4.07. The highest BCUT2D eigenvalue weighted by Crippen LogP contribution is 2.47. The smallest absolute Gasteiger partial charge is 0.161 e. The number of nitrogens with zero attached hydrogens (tertiary/aromatic N) is 4. The lowest BCUT2D eigenvalue weighted by atomic mass is 10.1. The number of aryl methyl sites for hydroxylation is 1. The molecule has 1 aromatic carbocycles. The highest BCUT2D eigenvalue weighted by atomic mass is 35.5. The molecule has 0 fully saturated rings. The van der Waals surface area contributed by atoms with E-state index in [-0.39, 0.29) is 5.25 Å². The molecule has 0 N–H and O–H groups in total. The van der Waals surface area contributed by atoms with Gasteiger partial charge in [-0.1, -0.05) is 29.4 Å². The Morgan fingerprint density at radius 1 is 1.12 bits per heavy atom. The van der Waals surface area contributed by atoms with E-state index in [1.165, 1.54) is 0 Å². The van der Waals surface area contributed by atoms with Crippen LogP contribution in [0.4, 0.5) is 5.82 Å². The van der Waals surface area contributed by atoms with Crippen LogP contribution in [0.5, 0.6) is 0 Å². The van der Waals surface area contributed by atoms with E-state index in [0.29, 0.717) is 5.02 Å². The van der Waals surface area contributed by atoms with Gasteiger partial charge in [-0.3, -0.25) is 4.98 Å². The minimum Gasteiger partial charge on any atom is -0.264 e. The monoisotopic (exact) mass is 354 g/mol. The van der Waals surface area contributed by atoms with E-state index in [4.69, 9.17) is 21.7 Å². The molecule has 0 spiro atoms. The lowest BCUT2D eigenvalue weighted by Crippen LogP contribution is -2.06. The molecule has 0 bridgehead atoms. The Morgan fingerprint density at radius 3 is 2.62 bits per heavy atom. The SMILES string of the molecule is CC1=Nc2c(c(C)nn2-c2ccc(Cl)cc2)C(c2cccnc2)S1. The van der Waals surface area contributed by atoms with Crippen LogP contribution < -0.4 is 0 Å². The quantitative estimate of drug-likeness (QED) is 0.641. The number of aromatic nitrogens is 3. The molecule has 6 heteroatoms. The van der Waals surface area contributed by atoms with Crippen LogP contribution in [0.1, 0.15) is 29.0 Å². The summed E-state index contributed by atoms with van der Waals surface area (Å²) in [5.74, 6) is 0.889. The molecule has 4 rings (SSSR count). The Kier molecular flexibility index (Phi) is 3.90. The number of benzene rings is 1. The summed E-state index contributed by atoms with van der Waals surface area (Å²) in [4.78, 5) is 9.03. The summed E-state index contributed by atoms with van der Waals surface area (Å²) in [5.41, 5.74) is 4.25. The van der Waals surface area contributed by atoms with E-state index in [9.17, 15) is 0 Å². The van der Waals surface area contributed by atoms with Crippen molar-refractivity contribution in [3.8, 4) is 5.69 Å². The summed E-state index contributed by atoms with van der Waals surface area (Å²) in [7, 11) is 0. The fraction of sp³-hybridized carbons (Fsp3) is 0.167. The lowest BCUT2D eigenvalue weighted by Gasteiger charge is -2.21. The summed E-state index contributed by atoms with van der Waals surface area (Å²) in [6.07, 6.45) is 3.71. The van der Waals surface area contributed by atoms with Crippen LogP contribution in [0.2, 0.25) is 5.02 Å². The Morgan fingerprint density at radius 2 is 1.92 bits per heavy atom. The molecule has 1 aliphatic rings. The molecule has 1 unspecified atom stereocenters. The van der Waals surface area contributed by atoms with Crippen molar-refractivity contribution in [2.45, 2.75) is 19.1 Å². The molecule has 0 saturated carbocycles. The van der Waals surface area contributed by atoms with Gasteiger partial charge in [-0.25, -0.2) is 9.67 Å². The molecule has 120 valence electrons. The number of thioether (sulfide) groups is 1. The van der Waals surface area contributed by atoms with E-state index >= 15 is 0 Å². The zero-order valence-corrected chi connectivity index (χ0v) is 14.8. The van der Waals surface area contributed by atoms with E-state index < -0.39 is 0 Å². The van der Waals surface area contributed by atoms with Gasteiger partial charge < -0.3 is 0 Å². The minimum atomic E-state index is 0.159. The van der Waals surface area contributed by atoms with Crippen LogP contribution in [0.15, 0.2) is 53.8 Å². The maximum Gasteiger partial charge on any atom is 0.161 e. The zero-order valence-electron chi connectivity index (χ0n) is 13.3. The fourth-order valence-electron chi connectivity index (χ4n) is 2.87. The van der Waals surface area contributed by atoms with Gasteiger partial charge in [0.15, 0.2) is 5.82 Å². The van der Waals surface area contributed by atoms with E-state index in [1.807, 2.05) is 55.1 Å². The minimum absolute atomic E-state index is 0.159. The summed E-state index contributed by atoms with van der Waals surface area (Å²) < 4.78 is 1.90. The number of hydrogen-bond acceptors (Lipinski definition) is 4. The van der Waals surface area contributed by atoms with Crippen molar-refractivity contribution in [2.24, 2.45) is 4.99 Å². The molecule has 0 saturated heterocycles. The Balaban J connectivity index is 1.89. The third-order valence-corrected chi connectivity index (χ3v) is 5.38. The van der Waals surface area contributed by atoms with Gasteiger partial charge in [-0.05, 0) is 49.7 Å². The number of rotatable bonds is 2. The molecular formula is C18H15ClN4S. The zero-order chi connectivity index (χ0) is 16.7. The maximum absolute atomic E-state index is 6.01. The molecule has 0 aliphatic carbocycles. The van der Waals surface area contributed by atoms with Gasteiger partial charge in [0.2, 0.25) is 0 Å². The highest BCUT2D eigenvalue weighted by Gasteiger charge is 2.30. The average molecular weight is 355 g/mol. The molecule has 2 aromatic heterocycles. The molecule has 3 aromatic rings. The summed E-state index contributed by atoms with van der Waals surface area (Å²) in [6, 6.07) is 11.7. The molecular weight excluding hydrogens is 340 g/mol. The van der Waals surface area contributed by atoms with E-state index in [0.717, 1.165) is 33.4 Å². The molecule has 3 heterocycles. The van der Waals surface area contributed by atoms with Gasteiger partial charge in [0.25, 0.3) is 0 Å².